The maximum absolute atomic E-state index is 12.2. The molecule has 27 heavy (non-hydrogen) atoms. The van der Waals surface area contributed by atoms with E-state index in [4.69, 9.17) is 11.6 Å². The molecule has 3 rings (SSSR count). The quantitative estimate of drug-likeness (QED) is 0.627. The molecule has 0 unspecified atom stereocenters. The lowest BCUT2D eigenvalue weighted by atomic mass is 10.1. The number of hydrogen-bond acceptors (Lipinski definition) is 1. The van der Waals surface area contributed by atoms with Crippen LogP contribution in [0.5, 0.6) is 0 Å². The summed E-state index contributed by atoms with van der Waals surface area (Å²) in [7, 11) is 0. The summed E-state index contributed by atoms with van der Waals surface area (Å²) in [5.41, 5.74) is 4.01. The van der Waals surface area contributed by atoms with E-state index in [1.54, 1.807) is 4.90 Å². The number of hydrogen-bond donors (Lipinski definition) is 3. The normalized spacial score (nSPS) is 19.6. The van der Waals surface area contributed by atoms with Crippen molar-refractivity contribution in [3.63, 3.8) is 0 Å². The molecule has 0 atom stereocenters. The Morgan fingerprint density at radius 3 is 2.37 bits per heavy atom. The van der Waals surface area contributed by atoms with Gasteiger partial charge in [0.25, 0.3) is 5.91 Å². The number of carbonyl (C=O) groups is 1. The van der Waals surface area contributed by atoms with E-state index in [1.165, 1.54) is 21.6 Å². The highest BCUT2D eigenvalue weighted by molar-refractivity contribution is 6.30. The number of quaternary nitrogens is 2. The van der Waals surface area contributed by atoms with Crippen molar-refractivity contribution in [2.75, 3.05) is 39.3 Å². The molecule has 0 aromatic heterocycles. The SMILES string of the molecule is Cc1ccccc1C[NH+]1CC[NH+](CC(=O)NCCc2ccc(Cl)cc2)CC1. The summed E-state index contributed by atoms with van der Waals surface area (Å²) in [6.45, 7) is 8.91. The highest BCUT2D eigenvalue weighted by atomic mass is 35.5. The summed E-state index contributed by atoms with van der Waals surface area (Å²) in [5, 5.41) is 3.80. The van der Waals surface area contributed by atoms with Gasteiger partial charge in [-0.15, -0.1) is 0 Å². The van der Waals surface area contributed by atoms with Gasteiger partial charge in [0, 0.05) is 17.1 Å². The van der Waals surface area contributed by atoms with Crippen molar-refractivity contribution in [2.24, 2.45) is 0 Å². The van der Waals surface area contributed by atoms with Crippen LogP contribution in [0.1, 0.15) is 16.7 Å². The number of benzene rings is 2. The van der Waals surface area contributed by atoms with E-state index in [9.17, 15) is 4.79 Å². The molecular weight excluding hydrogens is 358 g/mol. The average molecular weight is 388 g/mol. The van der Waals surface area contributed by atoms with Crippen molar-refractivity contribution in [2.45, 2.75) is 19.9 Å². The van der Waals surface area contributed by atoms with E-state index in [0.29, 0.717) is 13.1 Å². The summed E-state index contributed by atoms with van der Waals surface area (Å²) in [6, 6.07) is 16.4. The van der Waals surface area contributed by atoms with E-state index in [-0.39, 0.29) is 5.91 Å². The van der Waals surface area contributed by atoms with Crippen LogP contribution in [-0.4, -0.2) is 45.2 Å². The van der Waals surface area contributed by atoms with Gasteiger partial charge in [0.15, 0.2) is 6.54 Å². The van der Waals surface area contributed by atoms with Gasteiger partial charge < -0.3 is 15.1 Å². The second-order valence-electron chi connectivity index (χ2n) is 7.51. The molecule has 0 spiro atoms. The van der Waals surface area contributed by atoms with Crippen LogP contribution in [0.25, 0.3) is 0 Å². The van der Waals surface area contributed by atoms with Gasteiger partial charge in [-0.05, 0) is 36.6 Å². The third-order valence-corrected chi connectivity index (χ3v) is 5.68. The molecule has 1 fully saturated rings. The summed E-state index contributed by atoms with van der Waals surface area (Å²) in [4.78, 5) is 15.2. The van der Waals surface area contributed by atoms with Crippen molar-refractivity contribution < 1.29 is 14.6 Å². The van der Waals surface area contributed by atoms with Crippen molar-refractivity contribution in [3.05, 3.63) is 70.2 Å². The molecule has 1 heterocycles. The standard InChI is InChI=1S/C22H28ClN3O/c1-18-4-2-3-5-20(18)16-25-12-14-26(15-13-25)17-22(27)24-11-10-19-6-8-21(23)9-7-19/h2-9H,10-17H2,1H3,(H,24,27)/p+2. The fourth-order valence-electron chi connectivity index (χ4n) is 3.68. The Kier molecular flexibility index (Phi) is 7.27. The molecule has 0 aliphatic carbocycles. The highest BCUT2D eigenvalue weighted by Crippen LogP contribution is 2.09. The predicted molar refractivity (Wildman–Crippen MR) is 109 cm³/mol. The van der Waals surface area contributed by atoms with Crippen LogP contribution >= 0.6 is 11.6 Å². The zero-order valence-corrected chi connectivity index (χ0v) is 16.8. The molecule has 5 heteroatoms. The number of amides is 1. The third kappa shape index (κ3) is 6.35. The van der Waals surface area contributed by atoms with Crippen LogP contribution in [-0.2, 0) is 17.8 Å². The second-order valence-corrected chi connectivity index (χ2v) is 7.94. The number of piperazine rings is 1. The Labute approximate surface area is 167 Å². The molecule has 2 aromatic rings. The molecule has 1 amide bonds. The van der Waals surface area contributed by atoms with Crippen LogP contribution in [0.3, 0.4) is 0 Å². The number of halogens is 1. The second kappa shape index (κ2) is 9.88. The van der Waals surface area contributed by atoms with E-state index >= 15 is 0 Å². The van der Waals surface area contributed by atoms with Gasteiger partial charge in [0.2, 0.25) is 0 Å². The minimum Gasteiger partial charge on any atom is -0.351 e. The van der Waals surface area contributed by atoms with Crippen LogP contribution in [0.15, 0.2) is 48.5 Å². The average Bonchev–Trinajstić information content (AvgIpc) is 2.67. The first-order chi connectivity index (χ1) is 13.1. The molecule has 1 aliphatic heterocycles. The summed E-state index contributed by atoms with van der Waals surface area (Å²) in [5.74, 6) is 0.154. The lowest BCUT2D eigenvalue weighted by Gasteiger charge is -2.29. The molecule has 0 radical (unpaired) electrons. The molecule has 144 valence electrons. The molecule has 0 bridgehead atoms. The fraction of sp³-hybridized carbons (Fsp3) is 0.409. The van der Waals surface area contributed by atoms with Gasteiger partial charge in [0.1, 0.15) is 32.7 Å². The third-order valence-electron chi connectivity index (χ3n) is 5.43. The van der Waals surface area contributed by atoms with Gasteiger partial charge >= 0.3 is 0 Å². The first-order valence-electron chi connectivity index (χ1n) is 9.83. The van der Waals surface area contributed by atoms with Gasteiger partial charge in [-0.1, -0.05) is 48.0 Å². The van der Waals surface area contributed by atoms with Gasteiger partial charge in [-0.25, -0.2) is 0 Å². The number of rotatable bonds is 7. The molecule has 1 saturated heterocycles. The van der Waals surface area contributed by atoms with E-state index in [2.05, 4.69) is 36.5 Å². The lowest BCUT2D eigenvalue weighted by molar-refractivity contribution is -1.02. The van der Waals surface area contributed by atoms with Crippen LogP contribution < -0.4 is 15.1 Å². The van der Waals surface area contributed by atoms with Crippen molar-refractivity contribution in [1.82, 2.24) is 5.32 Å². The number of nitrogens with one attached hydrogen (secondary N) is 3. The van der Waals surface area contributed by atoms with Crippen LogP contribution in [0.2, 0.25) is 5.02 Å². The van der Waals surface area contributed by atoms with Crippen molar-refractivity contribution in [1.29, 1.82) is 0 Å². The molecule has 3 N–H and O–H groups in total. The smallest absolute Gasteiger partial charge is 0.275 e. The topological polar surface area (TPSA) is 38.0 Å². The Hall–Kier alpha value is -1.88. The first kappa shape index (κ1) is 19.9. The van der Waals surface area contributed by atoms with Crippen LogP contribution in [0.4, 0.5) is 0 Å². The number of carbonyl (C=O) groups excluding carboxylic acids is 1. The Balaban J connectivity index is 1.34. The lowest BCUT2D eigenvalue weighted by Crippen LogP contribution is -3.28. The van der Waals surface area contributed by atoms with Crippen molar-refractivity contribution in [3.8, 4) is 0 Å². The van der Waals surface area contributed by atoms with Crippen molar-refractivity contribution >= 4 is 17.5 Å². The summed E-state index contributed by atoms with van der Waals surface area (Å²) in [6.07, 6.45) is 0.840. The first-order valence-corrected chi connectivity index (χ1v) is 10.2. The van der Waals surface area contributed by atoms with Gasteiger partial charge in [-0.2, -0.15) is 0 Å². The molecule has 0 saturated carbocycles. The monoisotopic (exact) mass is 387 g/mol. The Morgan fingerprint density at radius 1 is 1.00 bits per heavy atom. The maximum Gasteiger partial charge on any atom is 0.275 e. The predicted octanol–water partition coefficient (Wildman–Crippen LogP) is 0.291. The minimum absolute atomic E-state index is 0.154. The summed E-state index contributed by atoms with van der Waals surface area (Å²) < 4.78 is 0. The largest absolute Gasteiger partial charge is 0.351 e. The maximum atomic E-state index is 12.2. The zero-order valence-electron chi connectivity index (χ0n) is 16.1. The van der Waals surface area contributed by atoms with E-state index in [1.807, 2.05) is 24.3 Å². The number of aryl methyl sites for hydroxylation is 1. The van der Waals surface area contributed by atoms with E-state index < -0.39 is 0 Å². The molecule has 2 aromatic carbocycles. The Morgan fingerprint density at radius 2 is 1.67 bits per heavy atom. The van der Waals surface area contributed by atoms with E-state index in [0.717, 1.165) is 44.2 Å². The summed E-state index contributed by atoms with van der Waals surface area (Å²) >= 11 is 5.89. The Bertz CT molecular complexity index is 739. The molecule has 1 aliphatic rings. The highest BCUT2D eigenvalue weighted by Gasteiger charge is 2.24. The van der Waals surface area contributed by atoms with Gasteiger partial charge in [0.05, 0.1) is 0 Å². The van der Waals surface area contributed by atoms with Crippen LogP contribution in [0, 0.1) is 6.92 Å². The minimum atomic E-state index is 0.154. The molecular formula is C22H30ClN3O+2. The zero-order chi connectivity index (χ0) is 19.1. The fourth-order valence-corrected chi connectivity index (χ4v) is 3.80. The molecule has 4 nitrogen and oxygen atoms in total. The van der Waals surface area contributed by atoms with Gasteiger partial charge in [-0.3, -0.25) is 4.79 Å².